The van der Waals surface area contributed by atoms with Crippen molar-refractivity contribution < 1.29 is 9.59 Å². The van der Waals surface area contributed by atoms with Gasteiger partial charge >= 0.3 is 6.03 Å². The van der Waals surface area contributed by atoms with E-state index in [0.29, 0.717) is 6.54 Å². The first-order valence-electron chi connectivity index (χ1n) is 9.07. The summed E-state index contributed by atoms with van der Waals surface area (Å²) in [7, 11) is 0. The summed E-state index contributed by atoms with van der Waals surface area (Å²) in [4.78, 5) is 31.0. The lowest BCUT2D eigenvalue weighted by Crippen LogP contribution is -2.50. The van der Waals surface area contributed by atoms with E-state index in [-0.39, 0.29) is 18.0 Å². The van der Waals surface area contributed by atoms with Gasteiger partial charge in [-0.1, -0.05) is 6.92 Å². The molecule has 130 valence electrons. The molecule has 3 amide bonds. The molecule has 3 aliphatic rings. The molecule has 0 aromatic carbocycles. The van der Waals surface area contributed by atoms with Crippen LogP contribution in [0.4, 0.5) is 4.79 Å². The molecule has 1 N–H and O–H groups in total. The molecular weight excluding hydrogens is 322 g/mol. The van der Waals surface area contributed by atoms with E-state index in [1.807, 2.05) is 9.80 Å². The number of piperidine rings is 1. The second-order valence-electron chi connectivity index (χ2n) is 7.38. The van der Waals surface area contributed by atoms with Crippen molar-refractivity contribution in [2.45, 2.75) is 45.1 Å². The highest BCUT2D eigenvalue weighted by atomic mass is 32.1. The summed E-state index contributed by atoms with van der Waals surface area (Å²) in [5.74, 6) is 0.884. The van der Waals surface area contributed by atoms with Crippen LogP contribution in [0, 0.1) is 5.92 Å². The van der Waals surface area contributed by atoms with Gasteiger partial charge in [-0.15, -0.1) is 11.3 Å². The zero-order valence-electron chi connectivity index (χ0n) is 14.2. The van der Waals surface area contributed by atoms with Crippen molar-refractivity contribution in [3.63, 3.8) is 0 Å². The Morgan fingerprint density at radius 2 is 2.21 bits per heavy atom. The largest absolute Gasteiger partial charge is 0.336 e. The molecule has 0 bridgehead atoms. The summed E-state index contributed by atoms with van der Waals surface area (Å²) >= 11 is 1.69. The third-order valence-corrected chi connectivity index (χ3v) is 6.78. The predicted molar refractivity (Wildman–Crippen MR) is 94.5 cm³/mol. The smallest absolute Gasteiger partial charge is 0.317 e. The van der Waals surface area contributed by atoms with Crippen LogP contribution in [0.5, 0.6) is 0 Å². The van der Waals surface area contributed by atoms with Gasteiger partial charge in [0.05, 0.1) is 10.9 Å². The molecule has 3 heterocycles. The molecule has 6 heteroatoms. The van der Waals surface area contributed by atoms with E-state index in [1.165, 1.54) is 16.9 Å². The minimum atomic E-state index is 0.0230. The summed E-state index contributed by atoms with van der Waals surface area (Å²) in [6.45, 7) is 5.25. The summed E-state index contributed by atoms with van der Waals surface area (Å²) in [5, 5.41) is 2.87. The average molecular weight is 347 g/mol. The lowest BCUT2D eigenvalue weighted by atomic mass is 9.90. The Labute approximate surface area is 147 Å². The zero-order chi connectivity index (χ0) is 16.7. The van der Waals surface area contributed by atoms with Crippen LogP contribution >= 0.6 is 11.3 Å². The number of hydrogen-bond donors (Lipinski definition) is 1. The number of nitrogens with zero attached hydrogens (tertiary/aromatic N) is 2. The number of carbonyl (C=O) groups excluding carboxylic acids is 2. The van der Waals surface area contributed by atoms with Crippen LogP contribution in [0.2, 0.25) is 0 Å². The second-order valence-corrected chi connectivity index (χ2v) is 8.52. The summed E-state index contributed by atoms with van der Waals surface area (Å²) in [6, 6.07) is 2.32. The molecule has 5 nitrogen and oxygen atoms in total. The molecule has 2 fully saturated rings. The van der Waals surface area contributed by atoms with E-state index in [2.05, 4.69) is 18.3 Å². The lowest BCUT2D eigenvalue weighted by molar-refractivity contribution is 0.0639. The Bertz CT molecular complexity index is 657. The molecule has 0 spiro atoms. The first kappa shape index (κ1) is 15.9. The first-order valence-corrected chi connectivity index (χ1v) is 9.89. The normalized spacial score (nSPS) is 27.1. The average Bonchev–Trinajstić information content (AvgIpc) is 3.20. The highest BCUT2D eigenvalue weighted by Gasteiger charge is 2.33. The third-order valence-electron chi connectivity index (χ3n) is 5.55. The number of nitrogens with one attached hydrogen (secondary N) is 1. The fraction of sp³-hybridized carbons (Fsp3) is 0.667. The van der Waals surface area contributed by atoms with Gasteiger partial charge in [0.15, 0.2) is 0 Å². The molecule has 2 aliphatic heterocycles. The van der Waals surface area contributed by atoms with Gasteiger partial charge in [-0.2, -0.15) is 0 Å². The van der Waals surface area contributed by atoms with Gasteiger partial charge in [-0.25, -0.2) is 4.79 Å². The highest BCUT2D eigenvalue weighted by Crippen LogP contribution is 2.33. The topological polar surface area (TPSA) is 52.7 Å². The Morgan fingerprint density at radius 1 is 1.33 bits per heavy atom. The molecule has 0 saturated carbocycles. The number of thiophene rings is 1. The number of fused-ring (bicyclic) bond motifs is 1. The Hall–Kier alpha value is -1.56. The molecule has 2 saturated heterocycles. The van der Waals surface area contributed by atoms with Crippen LogP contribution in [0.15, 0.2) is 6.07 Å². The van der Waals surface area contributed by atoms with Crippen molar-refractivity contribution in [1.82, 2.24) is 15.1 Å². The Kier molecular flexibility index (Phi) is 4.24. The van der Waals surface area contributed by atoms with Gasteiger partial charge in [0.25, 0.3) is 5.91 Å². The van der Waals surface area contributed by atoms with E-state index in [0.717, 1.165) is 56.1 Å². The van der Waals surface area contributed by atoms with Gasteiger partial charge in [0.2, 0.25) is 0 Å². The van der Waals surface area contributed by atoms with Crippen molar-refractivity contribution in [1.29, 1.82) is 0 Å². The second kappa shape index (κ2) is 6.39. The highest BCUT2D eigenvalue weighted by molar-refractivity contribution is 7.14. The Morgan fingerprint density at radius 3 is 3.00 bits per heavy atom. The molecule has 1 aliphatic carbocycles. The predicted octanol–water partition coefficient (Wildman–Crippen LogP) is 2.50. The van der Waals surface area contributed by atoms with Crippen molar-refractivity contribution in [3.05, 3.63) is 21.4 Å². The number of amides is 3. The molecule has 1 aromatic rings. The van der Waals surface area contributed by atoms with Crippen molar-refractivity contribution in [2.75, 3.05) is 26.2 Å². The third kappa shape index (κ3) is 2.92. The van der Waals surface area contributed by atoms with Gasteiger partial charge in [0.1, 0.15) is 0 Å². The molecule has 0 radical (unpaired) electrons. The van der Waals surface area contributed by atoms with Crippen LogP contribution in [-0.2, 0) is 12.8 Å². The molecule has 1 aromatic heterocycles. The van der Waals surface area contributed by atoms with Crippen LogP contribution in [0.1, 0.15) is 46.3 Å². The molecule has 24 heavy (non-hydrogen) atoms. The number of urea groups is 1. The van der Waals surface area contributed by atoms with E-state index < -0.39 is 0 Å². The fourth-order valence-electron chi connectivity index (χ4n) is 4.20. The maximum Gasteiger partial charge on any atom is 0.317 e. The number of hydrogen-bond acceptors (Lipinski definition) is 3. The Balaban J connectivity index is 1.47. The molecule has 4 rings (SSSR count). The monoisotopic (exact) mass is 347 g/mol. The number of likely N-dealkylation sites (tertiary alicyclic amines) is 1. The maximum absolute atomic E-state index is 13.0. The van der Waals surface area contributed by atoms with E-state index in [1.54, 1.807) is 11.3 Å². The summed E-state index contributed by atoms with van der Waals surface area (Å²) in [6.07, 6.45) is 5.43. The van der Waals surface area contributed by atoms with Crippen LogP contribution < -0.4 is 5.32 Å². The quantitative estimate of drug-likeness (QED) is 0.894. The molecule has 2 atom stereocenters. The molecule has 0 unspecified atom stereocenters. The van der Waals surface area contributed by atoms with E-state index in [4.69, 9.17) is 0 Å². The number of rotatable bonds is 2. The van der Waals surface area contributed by atoms with Gasteiger partial charge in [0, 0.05) is 31.1 Å². The van der Waals surface area contributed by atoms with Crippen molar-refractivity contribution in [3.8, 4) is 0 Å². The zero-order valence-corrected chi connectivity index (χ0v) is 15.0. The summed E-state index contributed by atoms with van der Waals surface area (Å²) in [5.41, 5.74) is 1.38. The minimum Gasteiger partial charge on any atom is -0.336 e. The van der Waals surface area contributed by atoms with Crippen LogP contribution in [0.25, 0.3) is 0 Å². The van der Waals surface area contributed by atoms with Gasteiger partial charge in [-0.05, 0) is 49.7 Å². The van der Waals surface area contributed by atoms with E-state index >= 15 is 0 Å². The molecular formula is C18H25N3O2S. The summed E-state index contributed by atoms with van der Waals surface area (Å²) < 4.78 is 0. The number of carbonyl (C=O) groups is 2. The first-order chi connectivity index (χ1) is 11.6. The van der Waals surface area contributed by atoms with Crippen LogP contribution in [0.3, 0.4) is 0 Å². The minimum absolute atomic E-state index is 0.0230. The maximum atomic E-state index is 13.0. The van der Waals surface area contributed by atoms with Crippen molar-refractivity contribution >= 4 is 23.3 Å². The SMILES string of the molecule is C[C@@H]1CCc2sc(C(=O)N3CCC[C@@H](N4CCNC4=O)C3)cc2C1. The fourth-order valence-corrected chi connectivity index (χ4v) is 5.37. The van der Waals surface area contributed by atoms with Crippen molar-refractivity contribution in [2.24, 2.45) is 5.92 Å². The lowest BCUT2D eigenvalue weighted by Gasteiger charge is -2.36. The van der Waals surface area contributed by atoms with Crippen LogP contribution in [-0.4, -0.2) is 54.0 Å². The number of aryl methyl sites for hydroxylation is 1. The van der Waals surface area contributed by atoms with E-state index in [9.17, 15) is 9.59 Å². The standard InChI is InChI=1S/C18H25N3O2S/c1-12-4-5-15-13(9-12)10-16(24-15)17(22)20-7-2-3-14(11-20)21-8-6-19-18(21)23/h10,12,14H,2-9,11H2,1H3,(H,19,23)/t12-,14-/m1/s1. The van der Waals surface area contributed by atoms with Gasteiger partial charge < -0.3 is 15.1 Å². The van der Waals surface area contributed by atoms with Gasteiger partial charge in [-0.3, -0.25) is 4.79 Å².